The molecule has 0 atom stereocenters. The molecule has 5 nitrogen and oxygen atoms in total. The smallest absolute Gasteiger partial charge is 0.266 e. The molecule has 0 aliphatic heterocycles. The van der Waals surface area contributed by atoms with Crippen molar-refractivity contribution >= 4 is 65.8 Å². The van der Waals surface area contributed by atoms with Gasteiger partial charge in [0.15, 0.2) is 4.67 Å². The van der Waals surface area contributed by atoms with Gasteiger partial charge in [-0.15, -0.1) is 0 Å². The molecule has 2 N–H and O–H groups in total. The molecular weight excluding hydrogens is 484 g/mol. The maximum Gasteiger partial charge on any atom is 0.266 e. The zero-order valence-corrected chi connectivity index (χ0v) is 15.0. The average molecular weight is 493 g/mol. The second-order valence-corrected chi connectivity index (χ2v) is 7.76. The van der Waals surface area contributed by atoms with Gasteiger partial charge >= 0.3 is 0 Å². The second-order valence-electron chi connectivity index (χ2n) is 3.74. The second kappa shape index (κ2) is 6.22. The van der Waals surface area contributed by atoms with Gasteiger partial charge in [0, 0.05) is 9.64 Å². The number of sulfonamides is 1. The highest BCUT2D eigenvalue weighted by Gasteiger charge is 2.23. The van der Waals surface area contributed by atoms with Gasteiger partial charge < -0.3 is 9.52 Å². The van der Waals surface area contributed by atoms with Gasteiger partial charge in [-0.1, -0.05) is 11.6 Å². The number of benzene rings is 1. The minimum absolute atomic E-state index is 0.0238. The van der Waals surface area contributed by atoms with E-state index in [-0.39, 0.29) is 21.0 Å². The van der Waals surface area contributed by atoms with E-state index in [1.54, 1.807) is 18.2 Å². The summed E-state index contributed by atoms with van der Waals surface area (Å²) in [4.78, 5) is -0.101. The third-order valence-corrected chi connectivity index (χ3v) is 5.53. The molecule has 0 bridgehead atoms. The van der Waals surface area contributed by atoms with Gasteiger partial charge in [0.1, 0.15) is 17.3 Å². The number of halogens is 3. The lowest BCUT2D eigenvalue weighted by Gasteiger charge is -2.08. The fraction of sp³-hybridized carbons (Fsp3) is 0.0909. The van der Waals surface area contributed by atoms with Crippen molar-refractivity contribution in [3.05, 3.63) is 43.3 Å². The maximum absolute atomic E-state index is 12.2. The van der Waals surface area contributed by atoms with Crippen molar-refractivity contribution in [2.75, 3.05) is 4.72 Å². The van der Waals surface area contributed by atoms with Gasteiger partial charge in [-0.25, -0.2) is 8.42 Å². The molecule has 2 aromatic rings. The Labute approximate surface area is 142 Å². The SMILES string of the molecule is O=S(=O)(Nc1ccc(I)cc1Cl)c1cc(CO)oc1Br. The van der Waals surface area contributed by atoms with Crippen LogP contribution in [0, 0.1) is 3.57 Å². The quantitative estimate of drug-likeness (QED) is 0.640. The number of aliphatic hydroxyl groups is 1. The number of hydrogen-bond donors (Lipinski definition) is 2. The van der Waals surface area contributed by atoms with Gasteiger partial charge in [0.2, 0.25) is 0 Å². The Balaban J connectivity index is 2.38. The Bertz CT molecular complexity index is 747. The van der Waals surface area contributed by atoms with E-state index in [9.17, 15) is 8.42 Å². The fourth-order valence-electron chi connectivity index (χ4n) is 1.43. The summed E-state index contributed by atoms with van der Waals surface area (Å²) in [5, 5.41) is 9.25. The van der Waals surface area contributed by atoms with Crippen molar-refractivity contribution in [2.45, 2.75) is 11.5 Å². The predicted molar refractivity (Wildman–Crippen MR) is 87.3 cm³/mol. The largest absolute Gasteiger partial charge is 0.450 e. The molecule has 20 heavy (non-hydrogen) atoms. The van der Waals surface area contributed by atoms with Crippen molar-refractivity contribution in [3.8, 4) is 0 Å². The third-order valence-electron chi connectivity index (χ3n) is 2.33. The summed E-state index contributed by atoms with van der Waals surface area (Å²) < 4.78 is 32.8. The van der Waals surface area contributed by atoms with E-state index in [2.05, 4.69) is 43.2 Å². The van der Waals surface area contributed by atoms with E-state index < -0.39 is 16.6 Å². The topological polar surface area (TPSA) is 79.5 Å². The predicted octanol–water partition coefficient (Wildman–Crippen LogP) is 3.59. The number of furan rings is 1. The molecule has 0 saturated carbocycles. The number of aliphatic hydroxyl groups excluding tert-OH is 1. The van der Waals surface area contributed by atoms with Gasteiger partial charge in [-0.2, -0.15) is 0 Å². The summed E-state index contributed by atoms with van der Waals surface area (Å²) >= 11 is 11.1. The van der Waals surface area contributed by atoms with E-state index in [0.29, 0.717) is 5.02 Å². The van der Waals surface area contributed by atoms with Gasteiger partial charge in [-0.3, -0.25) is 4.72 Å². The highest BCUT2D eigenvalue weighted by Crippen LogP contribution is 2.30. The average Bonchev–Trinajstić information content (AvgIpc) is 2.75. The van der Waals surface area contributed by atoms with Crippen LogP contribution in [0.1, 0.15) is 5.76 Å². The number of hydrogen-bond acceptors (Lipinski definition) is 4. The van der Waals surface area contributed by atoms with E-state index in [0.717, 1.165) is 3.57 Å². The minimum atomic E-state index is -3.86. The summed E-state index contributed by atoms with van der Waals surface area (Å²) in [5.41, 5.74) is 0.269. The lowest BCUT2D eigenvalue weighted by atomic mass is 10.3. The van der Waals surface area contributed by atoms with Crippen LogP contribution < -0.4 is 4.72 Å². The lowest BCUT2D eigenvalue weighted by Crippen LogP contribution is -2.13. The number of anilines is 1. The molecule has 0 aliphatic carbocycles. The van der Waals surface area contributed by atoms with Crippen LogP contribution in [0.5, 0.6) is 0 Å². The van der Waals surface area contributed by atoms with Crippen molar-refractivity contribution in [1.29, 1.82) is 0 Å². The number of rotatable bonds is 4. The van der Waals surface area contributed by atoms with E-state index >= 15 is 0 Å². The lowest BCUT2D eigenvalue weighted by molar-refractivity contribution is 0.245. The van der Waals surface area contributed by atoms with Crippen molar-refractivity contribution in [1.82, 2.24) is 0 Å². The Morgan fingerprint density at radius 1 is 1.40 bits per heavy atom. The molecule has 0 spiro atoms. The first-order valence-electron chi connectivity index (χ1n) is 5.20. The van der Waals surface area contributed by atoms with Gasteiger partial charge in [0.05, 0.1) is 10.7 Å². The van der Waals surface area contributed by atoms with Crippen LogP contribution in [0.15, 0.2) is 38.2 Å². The summed E-state index contributed by atoms with van der Waals surface area (Å²) in [5.74, 6) is 0.144. The zero-order chi connectivity index (χ0) is 14.9. The molecule has 1 aromatic heterocycles. The molecule has 0 saturated heterocycles. The first-order chi connectivity index (χ1) is 9.33. The zero-order valence-electron chi connectivity index (χ0n) is 9.73. The highest BCUT2D eigenvalue weighted by molar-refractivity contribution is 14.1. The Kier molecular flexibility index (Phi) is 5.00. The first kappa shape index (κ1) is 16.1. The Morgan fingerprint density at radius 2 is 2.10 bits per heavy atom. The van der Waals surface area contributed by atoms with Crippen LogP contribution in [-0.2, 0) is 16.6 Å². The van der Waals surface area contributed by atoms with Gasteiger partial charge in [0.25, 0.3) is 10.0 Å². The molecular formula is C11H8BrClINO4S. The highest BCUT2D eigenvalue weighted by atomic mass is 127. The standard InChI is InChI=1S/C11H8BrClINO4S/c12-11-10(4-7(5-16)19-11)20(17,18)15-9-2-1-6(14)3-8(9)13/h1-4,15-16H,5H2. The molecule has 1 heterocycles. The summed E-state index contributed by atoms with van der Waals surface area (Å²) in [6.07, 6.45) is 0. The summed E-state index contributed by atoms with van der Waals surface area (Å²) in [7, 11) is -3.86. The monoisotopic (exact) mass is 491 g/mol. The van der Waals surface area contributed by atoms with Crippen LogP contribution in [0.4, 0.5) is 5.69 Å². The van der Waals surface area contributed by atoms with Crippen molar-refractivity contribution in [2.24, 2.45) is 0 Å². The van der Waals surface area contributed by atoms with Crippen LogP contribution in [0.2, 0.25) is 5.02 Å². The maximum atomic E-state index is 12.2. The normalized spacial score (nSPS) is 11.6. The van der Waals surface area contributed by atoms with Crippen LogP contribution in [0.25, 0.3) is 0 Å². The molecule has 1 aromatic carbocycles. The van der Waals surface area contributed by atoms with Crippen LogP contribution in [-0.4, -0.2) is 13.5 Å². The summed E-state index contributed by atoms with van der Waals surface area (Å²) in [6, 6.07) is 6.19. The van der Waals surface area contributed by atoms with Crippen molar-refractivity contribution < 1.29 is 17.9 Å². The van der Waals surface area contributed by atoms with Crippen LogP contribution in [0.3, 0.4) is 0 Å². The molecule has 0 aliphatic rings. The first-order valence-corrected chi connectivity index (χ1v) is 8.93. The molecule has 108 valence electrons. The summed E-state index contributed by atoms with van der Waals surface area (Å²) in [6.45, 7) is -0.390. The van der Waals surface area contributed by atoms with Crippen LogP contribution >= 0.6 is 50.1 Å². The van der Waals surface area contributed by atoms with E-state index in [1.807, 2.05) is 0 Å². The number of nitrogens with one attached hydrogen (secondary N) is 1. The minimum Gasteiger partial charge on any atom is -0.450 e. The molecule has 9 heteroatoms. The fourth-order valence-corrected chi connectivity index (χ4v) is 4.47. The Hall–Kier alpha value is -0.290. The van der Waals surface area contributed by atoms with E-state index in [1.165, 1.54) is 6.07 Å². The Morgan fingerprint density at radius 3 is 2.65 bits per heavy atom. The third kappa shape index (κ3) is 3.48. The molecule has 0 unspecified atom stereocenters. The molecule has 0 amide bonds. The molecule has 0 fully saturated rings. The molecule has 2 rings (SSSR count). The van der Waals surface area contributed by atoms with E-state index in [4.69, 9.17) is 21.1 Å². The van der Waals surface area contributed by atoms with Gasteiger partial charge in [-0.05, 0) is 56.7 Å². The van der Waals surface area contributed by atoms with Crippen molar-refractivity contribution in [3.63, 3.8) is 0 Å². The molecule has 0 radical (unpaired) electrons.